The molecule has 2 aromatic heterocycles. The Bertz CT molecular complexity index is 764. The smallest absolute Gasteiger partial charge is 0.124 e. The summed E-state index contributed by atoms with van der Waals surface area (Å²) < 4.78 is 1.76. The van der Waals surface area contributed by atoms with E-state index in [-0.39, 0.29) is 0 Å². The molecule has 0 saturated carbocycles. The summed E-state index contributed by atoms with van der Waals surface area (Å²) in [6, 6.07) is 7.85. The van der Waals surface area contributed by atoms with E-state index in [1.165, 1.54) is 0 Å². The van der Waals surface area contributed by atoms with Gasteiger partial charge in [-0.25, -0.2) is 0 Å². The first kappa shape index (κ1) is 14.0. The van der Waals surface area contributed by atoms with Crippen molar-refractivity contribution in [1.82, 2.24) is 14.8 Å². The van der Waals surface area contributed by atoms with Gasteiger partial charge in [-0.3, -0.25) is 9.67 Å². The largest absolute Gasteiger partial charge is 0.382 e. The van der Waals surface area contributed by atoms with Gasteiger partial charge in [0.2, 0.25) is 0 Å². The number of aliphatic hydroxyl groups excluding tert-OH is 1. The van der Waals surface area contributed by atoms with E-state index in [9.17, 15) is 5.11 Å². The van der Waals surface area contributed by atoms with Gasteiger partial charge in [-0.2, -0.15) is 5.10 Å². The fraction of sp³-hybridized carbons (Fsp3) is 0.250. The summed E-state index contributed by atoms with van der Waals surface area (Å²) in [6.07, 6.45) is 5.13. The number of aliphatic hydroxyl groups is 1. The standard InChI is InChI=1S/C16H16ClN3O/c1-2-7-20-15(14(17)10-19-20)16(21)13-9-18-8-11-5-3-4-6-12(11)13/h3-6,8-10,16,21H,2,7H2,1H3. The van der Waals surface area contributed by atoms with Crippen molar-refractivity contribution in [3.8, 4) is 0 Å². The van der Waals surface area contributed by atoms with Crippen molar-refractivity contribution in [1.29, 1.82) is 0 Å². The van der Waals surface area contributed by atoms with E-state index in [1.807, 2.05) is 24.3 Å². The minimum Gasteiger partial charge on any atom is -0.382 e. The van der Waals surface area contributed by atoms with Gasteiger partial charge in [-0.05, 0) is 11.8 Å². The van der Waals surface area contributed by atoms with Gasteiger partial charge < -0.3 is 5.11 Å². The Labute approximate surface area is 128 Å². The molecule has 0 radical (unpaired) electrons. The summed E-state index contributed by atoms with van der Waals surface area (Å²) in [7, 11) is 0. The maximum absolute atomic E-state index is 10.8. The predicted octanol–water partition coefficient (Wildman–Crippen LogP) is 3.58. The molecule has 4 nitrogen and oxygen atoms in total. The highest BCUT2D eigenvalue weighted by atomic mass is 35.5. The second-order valence-corrected chi connectivity index (χ2v) is 5.36. The van der Waals surface area contributed by atoms with Crippen LogP contribution in [0.1, 0.15) is 30.7 Å². The Hall–Kier alpha value is -1.91. The number of benzene rings is 1. The number of halogens is 1. The second kappa shape index (κ2) is 5.84. The minimum absolute atomic E-state index is 0.476. The molecule has 0 aliphatic heterocycles. The topological polar surface area (TPSA) is 50.9 Å². The fourth-order valence-corrected chi connectivity index (χ4v) is 2.78. The van der Waals surface area contributed by atoms with E-state index in [2.05, 4.69) is 17.0 Å². The zero-order valence-electron chi connectivity index (χ0n) is 11.7. The molecule has 2 heterocycles. The first-order valence-corrected chi connectivity index (χ1v) is 7.32. The van der Waals surface area contributed by atoms with Crippen LogP contribution in [-0.4, -0.2) is 19.9 Å². The Morgan fingerprint density at radius 2 is 2.05 bits per heavy atom. The zero-order valence-corrected chi connectivity index (χ0v) is 12.5. The molecule has 1 aromatic carbocycles. The van der Waals surface area contributed by atoms with Crippen molar-refractivity contribution in [2.75, 3.05) is 0 Å². The van der Waals surface area contributed by atoms with Crippen molar-refractivity contribution < 1.29 is 5.11 Å². The van der Waals surface area contributed by atoms with E-state index in [0.29, 0.717) is 10.7 Å². The molecule has 0 amide bonds. The van der Waals surface area contributed by atoms with Crippen LogP contribution < -0.4 is 0 Å². The summed E-state index contributed by atoms with van der Waals surface area (Å²) in [6.45, 7) is 2.78. The molecular weight excluding hydrogens is 286 g/mol. The first-order chi connectivity index (χ1) is 10.2. The molecule has 0 bridgehead atoms. The maximum atomic E-state index is 10.8. The summed E-state index contributed by atoms with van der Waals surface area (Å²) in [5.41, 5.74) is 1.37. The third kappa shape index (κ3) is 2.52. The third-order valence-corrected chi connectivity index (χ3v) is 3.81. The van der Waals surface area contributed by atoms with Gasteiger partial charge in [0.25, 0.3) is 0 Å². The predicted molar refractivity (Wildman–Crippen MR) is 83.3 cm³/mol. The van der Waals surface area contributed by atoms with Gasteiger partial charge in [0, 0.05) is 29.9 Å². The molecule has 5 heteroatoms. The number of fused-ring (bicyclic) bond motifs is 1. The summed E-state index contributed by atoms with van der Waals surface area (Å²) >= 11 is 6.21. The average Bonchev–Trinajstić information content (AvgIpc) is 2.87. The molecule has 0 fully saturated rings. The van der Waals surface area contributed by atoms with E-state index < -0.39 is 6.10 Å². The van der Waals surface area contributed by atoms with Crippen LogP contribution in [0.15, 0.2) is 42.9 Å². The van der Waals surface area contributed by atoms with Gasteiger partial charge in [-0.1, -0.05) is 42.8 Å². The molecule has 1 N–H and O–H groups in total. The van der Waals surface area contributed by atoms with Gasteiger partial charge in [0.15, 0.2) is 0 Å². The number of aromatic nitrogens is 3. The number of hydrogen-bond donors (Lipinski definition) is 1. The SMILES string of the molecule is CCCn1ncc(Cl)c1C(O)c1cncc2ccccc12. The van der Waals surface area contributed by atoms with E-state index >= 15 is 0 Å². The molecule has 0 aliphatic carbocycles. The van der Waals surface area contributed by atoms with E-state index in [4.69, 9.17) is 11.6 Å². The Morgan fingerprint density at radius 1 is 1.24 bits per heavy atom. The van der Waals surface area contributed by atoms with Crippen LogP contribution >= 0.6 is 11.6 Å². The molecule has 3 rings (SSSR count). The third-order valence-electron chi connectivity index (χ3n) is 3.52. The lowest BCUT2D eigenvalue weighted by atomic mass is 10.0. The number of pyridine rings is 1. The molecule has 0 aliphatic rings. The zero-order chi connectivity index (χ0) is 14.8. The van der Waals surface area contributed by atoms with Gasteiger partial charge >= 0.3 is 0 Å². The van der Waals surface area contributed by atoms with Crippen LogP contribution in [0.4, 0.5) is 0 Å². The highest BCUT2D eigenvalue weighted by molar-refractivity contribution is 6.31. The van der Waals surface area contributed by atoms with Crippen LogP contribution in [0.5, 0.6) is 0 Å². The van der Waals surface area contributed by atoms with E-state index in [1.54, 1.807) is 23.3 Å². The molecule has 0 spiro atoms. The van der Waals surface area contributed by atoms with Crippen LogP contribution in [0.3, 0.4) is 0 Å². The molecule has 108 valence electrons. The number of hydrogen-bond acceptors (Lipinski definition) is 3. The summed E-state index contributed by atoms with van der Waals surface area (Å²) in [5.74, 6) is 0. The van der Waals surface area contributed by atoms with Gasteiger partial charge in [0.1, 0.15) is 6.10 Å². The quantitative estimate of drug-likeness (QED) is 0.801. The van der Waals surface area contributed by atoms with Crippen molar-refractivity contribution in [2.24, 2.45) is 0 Å². The van der Waals surface area contributed by atoms with Crippen molar-refractivity contribution >= 4 is 22.4 Å². The lowest BCUT2D eigenvalue weighted by Crippen LogP contribution is -2.11. The molecule has 21 heavy (non-hydrogen) atoms. The van der Waals surface area contributed by atoms with Gasteiger partial charge in [0.05, 0.1) is 16.9 Å². The maximum Gasteiger partial charge on any atom is 0.124 e. The highest BCUT2D eigenvalue weighted by Gasteiger charge is 2.21. The molecule has 0 saturated heterocycles. The van der Waals surface area contributed by atoms with Gasteiger partial charge in [-0.15, -0.1) is 0 Å². The van der Waals surface area contributed by atoms with E-state index in [0.717, 1.165) is 29.3 Å². The number of rotatable bonds is 4. The van der Waals surface area contributed by atoms with Crippen LogP contribution in [0.2, 0.25) is 5.02 Å². The molecule has 3 aromatic rings. The van der Waals surface area contributed by atoms with Crippen molar-refractivity contribution in [3.63, 3.8) is 0 Å². The van der Waals surface area contributed by atoms with Crippen LogP contribution in [-0.2, 0) is 6.54 Å². The lowest BCUT2D eigenvalue weighted by Gasteiger charge is -2.15. The van der Waals surface area contributed by atoms with Crippen LogP contribution in [0.25, 0.3) is 10.8 Å². The second-order valence-electron chi connectivity index (χ2n) is 4.95. The summed E-state index contributed by atoms with van der Waals surface area (Å²) in [4.78, 5) is 4.22. The number of nitrogens with zero attached hydrogens (tertiary/aromatic N) is 3. The monoisotopic (exact) mass is 301 g/mol. The Kier molecular flexibility index (Phi) is 3.90. The first-order valence-electron chi connectivity index (χ1n) is 6.94. The average molecular weight is 302 g/mol. The molecule has 1 atom stereocenters. The Balaban J connectivity index is 2.13. The summed E-state index contributed by atoms with van der Waals surface area (Å²) in [5, 5.41) is 17.5. The normalized spacial score (nSPS) is 12.7. The lowest BCUT2D eigenvalue weighted by molar-refractivity contribution is 0.208. The fourth-order valence-electron chi connectivity index (χ4n) is 2.54. The number of aryl methyl sites for hydroxylation is 1. The Morgan fingerprint density at radius 3 is 2.86 bits per heavy atom. The molecular formula is C16H16ClN3O. The minimum atomic E-state index is -0.842. The van der Waals surface area contributed by atoms with Crippen LogP contribution in [0, 0.1) is 0 Å². The highest BCUT2D eigenvalue weighted by Crippen LogP contribution is 2.31. The van der Waals surface area contributed by atoms with Crippen molar-refractivity contribution in [2.45, 2.75) is 26.0 Å². The molecule has 1 unspecified atom stereocenters. The van der Waals surface area contributed by atoms with Crippen molar-refractivity contribution in [3.05, 3.63) is 59.1 Å².